The summed E-state index contributed by atoms with van der Waals surface area (Å²) in [5, 5.41) is 2.60. The molecule has 0 radical (unpaired) electrons. The van der Waals surface area contributed by atoms with Crippen LogP contribution in [0.1, 0.15) is 39.0 Å². The molecule has 0 aromatic heterocycles. The van der Waals surface area contributed by atoms with Crippen molar-refractivity contribution in [1.82, 2.24) is 5.32 Å². The van der Waals surface area contributed by atoms with E-state index in [4.69, 9.17) is 0 Å². The van der Waals surface area contributed by atoms with Crippen LogP contribution in [-0.4, -0.2) is 18.1 Å². The van der Waals surface area contributed by atoms with Gasteiger partial charge in [0.15, 0.2) is 0 Å². The van der Waals surface area contributed by atoms with Crippen LogP contribution in [0.5, 0.6) is 0 Å². The second-order valence-electron chi connectivity index (χ2n) is 3.49. The van der Waals surface area contributed by atoms with E-state index in [1.807, 2.05) is 0 Å². The minimum Gasteiger partial charge on any atom is -0.353 e. The highest BCUT2D eigenvalue weighted by molar-refractivity contribution is 5.75. The molecule has 0 heterocycles. The topological polar surface area (TPSA) is 29.1 Å². The minimum absolute atomic E-state index is 0.0566. The lowest BCUT2D eigenvalue weighted by Gasteiger charge is -2.18. The lowest BCUT2D eigenvalue weighted by molar-refractivity contribution is -0.121. The molecule has 1 rings (SSSR count). The molecule has 1 aliphatic carbocycles. The smallest absolute Gasteiger partial charge is 0.219 e. The fraction of sp³-hybridized carbons (Fsp3) is 0.889. The molecule has 0 bridgehead atoms. The molecule has 0 unspecified atom stereocenters. The van der Waals surface area contributed by atoms with Crippen molar-refractivity contribution >= 4 is 5.91 Å². The van der Waals surface area contributed by atoms with Crippen molar-refractivity contribution in [3.63, 3.8) is 0 Å². The van der Waals surface area contributed by atoms with Gasteiger partial charge in [0.25, 0.3) is 0 Å². The summed E-state index contributed by atoms with van der Waals surface area (Å²) in [5.74, 6) is -0.0566. The Bertz CT molecular complexity index is 164. The Balaban J connectivity index is 2.25. The van der Waals surface area contributed by atoms with Crippen molar-refractivity contribution in [3.8, 4) is 0 Å². The lowest BCUT2D eigenvalue weighted by Crippen LogP contribution is -2.37. The van der Waals surface area contributed by atoms with Gasteiger partial charge in [-0.15, -0.1) is 0 Å². The molecule has 1 saturated carbocycles. The van der Waals surface area contributed by atoms with Gasteiger partial charge in [-0.2, -0.15) is 0 Å². The Morgan fingerprint density at radius 2 is 2.08 bits per heavy atom. The predicted molar refractivity (Wildman–Crippen MR) is 45.6 cm³/mol. The van der Waals surface area contributed by atoms with E-state index in [1.54, 1.807) is 6.92 Å². The Hall–Kier alpha value is -0.600. The fourth-order valence-electron chi connectivity index (χ4n) is 1.57. The van der Waals surface area contributed by atoms with Crippen LogP contribution in [0.4, 0.5) is 4.39 Å². The zero-order chi connectivity index (χ0) is 9.03. The van der Waals surface area contributed by atoms with Crippen molar-refractivity contribution < 1.29 is 9.18 Å². The van der Waals surface area contributed by atoms with Gasteiger partial charge in [0.1, 0.15) is 5.67 Å². The third-order valence-corrected chi connectivity index (χ3v) is 2.42. The zero-order valence-corrected chi connectivity index (χ0v) is 7.53. The summed E-state index contributed by atoms with van der Waals surface area (Å²) >= 11 is 0. The Morgan fingerprint density at radius 3 is 2.58 bits per heavy atom. The summed E-state index contributed by atoms with van der Waals surface area (Å²) in [5.41, 5.74) is -1.11. The standard InChI is InChI=1S/C9H16FNO/c1-2-8(12)11-7-9(10)5-3-4-6-9/h2-7H2,1H3,(H,11,12). The number of hydrogen-bond acceptors (Lipinski definition) is 1. The average Bonchev–Trinajstić information content (AvgIpc) is 2.49. The summed E-state index contributed by atoms with van der Waals surface area (Å²) in [6, 6.07) is 0. The first kappa shape index (κ1) is 9.49. The molecule has 0 aromatic rings. The largest absolute Gasteiger partial charge is 0.353 e. The van der Waals surface area contributed by atoms with Gasteiger partial charge in [0.05, 0.1) is 6.54 Å². The Kier molecular flexibility index (Phi) is 3.06. The number of hydrogen-bond donors (Lipinski definition) is 1. The molecule has 3 heteroatoms. The summed E-state index contributed by atoms with van der Waals surface area (Å²) < 4.78 is 13.6. The molecule has 0 saturated heterocycles. The second kappa shape index (κ2) is 3.87. The highest BCUT2D eigenvalue weighted by atomic mass is 19.1. The first-order valence-corrected chi connectivity index (χ1v) is 4.62. The normalized spacial score (nSPS) is 20.8. The van der Waals surface area contributed by atoms with E-state index in [0.29, 0.717) is 19.3 Å². The van der Waals surface area contributed by atoms with E-state index >= 15 is 0 Å². The van der Waals surface area contributed by atoms with Gasteiger partial charge >= 0.3 is 0 Å². The molecule has 0 aliphatic heterocycles. The third kappa shape index (κ3) is 2.47. The number of rotatable bonds is 3. The van der Waals surface area contributed by atoms with E-state index in [0.717, 1.165) is 12.8 Å². The quantitative estimate of drug-likeness (QED) is 0.692. The van der Waals surface area contributed by atoms with Crippen LogP contribution in [0.15, 0.2) is 0 Å². The van der Waals surface area contributed by atoms with E-state index in [2.05, 4.69) is 5.32 Å². The maximum absolute atomic E-state index is 13.6. The molecule has 1 N–H and O–H groups in total. The van der Waals surface area contributed by atoms with Crippen LogP contribution in [0, 0.1) is 0 Å². The van der Waals surface area contributed by atoms with Crippen LogP contribution < -0.4 is 5.32 Å². The third-order valence-electron chi connectivity index (χ3n) is 2.42. The molecule has 12 heavy (non-hydrogen) atoms. The van der Waals surface area contributed by atoms with Crippen LogP contribution >= 0.6 is 0 Å². The molecule has 1 amide bonds. The molecule has 0 spiro atoms. The number of nitrogens with one attached hydrogen (secondary N) is 1. The summed E-state index contributed by atoms with van der Waals surface area (Å²) in [7, 11) is 0. The monoisotopic (exact) mass is 173 g/mol. The van der Waals surface area contributed by atoms with Gasteiger partial charge in [0, 0.05) is 6.42 Å². The number of alkyl halides is 1. The molecular formula is C9H16FNO. The maximum atomic E-state index is 13.6. The van der Waals surface area contributed by atoms with Gasteiger partial charge in [-0.3, -0.25) is 4.79 Å². The maximum Gasteiger partial charge on any atom is 0.219 e. The highest BCUT2D eigenvalue weighted by Crippen LogP contribution is 2.32. The van der Waals surface area contributed by atoms with Crippen LogP contribution in [0.25, 0.3) is 0 Å². The highest BCUT2D eigenvalue weighted by Gasteiger charge is 2.33. The van der Waals surface area contributed by atoms with E-state index in [1.165, 1.54) is 0 Å². The lowest BCUT2D eigenvalue weighted by atomic mass is 10.1. The number of halogens is 1. The van der Waals surface area contributed by atoms with E-state index < -0.39 is 5.67 Å². The van der Waals surface area contributed by atoms with Gasteiger partial charge in [-0.25, -0.2) is 4.39 Å². The number of carbonyl (C=O) groups is 1. The molecule has 0 aromatic carbocycles. The summed E-state index contributed by atoms with van der Waals surface area (Å²) in [4.78, 5) is 10.8. The second-order valence-corrected chi connectivity index (χ2v) is 3.49. The molecule has 2 nitrogen and oxygen atoms in total. The molecular weight excluding hydrogens is 157 g/mol. The van der Waals surface area contributed by atoms with Crippen molar-refractivity contribution in [2.75, 3.05) is 6.54 Å². The number of amides is 1. The number of carbonyl (C=O) groups excluding carboxylic acids is 1. The van der Waals surface area contributed by atoms with Crippen LogP contribution in [0.3, 0.4) is 0 Å². The van der Waals surface area contributed by atoms with Crippen molar-refractivity contribution in [1.29, 1.82) is 0 Å². The first-order valence-electron chi connectivity index (χ1n) is 4.62. The van der Waals surface area contributed by atoms with Gasteiger partial charge in [-0.1, -0.05) is 19.8 Å². The fourth-order valence-corrected chi connectivity index (χ4v) is 1.57. The Labute approximate surface area is 72.5 Å². The Morgan fingerprint density at radius 1 is 1.50 bits per heavy atom. The molecule has 70 valence electrons. The zero-order valence-electron chi connectivity index (χ0n) is 7.53. The molecule has 1 fully saturated rings. The van der Waals surface area contributed by atoms with Crippen molar-refractivity contribution in [2.45, 2.75) is 44.7 Å². The van der Waals surface area contributed by atoms with E-state index in [9.17, 15) is 9.18 Å². The van der Waals surface area contributed by atoms with Crippen LogP contribution in [-0.2, 0) is 4.79 Å². The summed E-state index contributed by atoms with van der Waals surface area (Å²) in [6.45, 7) is 1.98. The van der Waals surface area contributed by atoms with Gasteiger partial charge in [-0.05, 0) is 12.8 Å². The molecule has 1 aliphatic rings. The van der Waals surface area contributed by atoms with Crippen molar-refractivity contribution in [2.24, 2.45) is 0 Å². The van der Waals surface area contributed by atoms with Crippen LogP contribution in [0.2, 0.25) is 0 Å². The first-order chi connectivity index (χ1) is 5.66. The average molecular weight is 173 g/mol. The van der Waals surface area contributed by atoms with Gasteiger partial charge < -0.3 is 5.32 Å². The summed E-state index contributed by atoms with van der Waals surface area (Å²) in [6.07, 6.45) is 3.57. The molecule has 0 atom stereocenters. The SMILES string of the molecule is CCC(=O)NCC1(F)CCCC1. The minimum atomic E-state index is -1.11. The van der Waals surface area contributed by atoms with Crippen molar-refractivity contribution in [3.05, 3.63) is 0 Å². The van der Waals surface area contributed by atoms with E-state index in [-0.39, 0.29) is 12.5 Å². The van der Waals surface area contributed by atoms with Gasteiger partial charge in [0.2, 0.25) is 5.91 Å². The predicted octanol–water partition coefficient (Wildman–Crippen LogP) is 1.79.